The molecular weight excluding hydrogens is 282 g/mol. The number of anilines is 2. The highest BCUT2D eigenvalue weighted by atomic mass is 16.5. The number of aryl methyl sites for hydroxylation is 2. The Morgan fingerprint density at radius 1 is 1.41 bits per heavy atom. The number of pyridine rings is 1. The summed E-state index contributed by atoms with van der Waals surface area (Å²) in [5.74, 6) is 1.24. The lowest BCUT2D eigenvalue weighted by molar-refractivity contribution is 0.122. The summed E-state index contributed by atoms with van der Waals surface area (Å²) in [6, 6.07) is 2.00. The van der Waals surface area contributed by atoms with E-state index in [1.165, 1.54) is 0 Å². The summed E-state index contributed by atoms with van der Waals surface area (Å²) < 4.78 is 10.5. The van der Waals surface area contributed by atoms with E-state index in [1.54, 1.807) is 0 Å². The minimum absolute atomic E-state index is 0.315. The summed E-state index contributed by atoms with van der Waals surface area (Å²) >= 11 is 0. The van der Waals surface area contributed by atoms with E-state index in [2.05, 4.69) is 15.2 Å². The van der Waals surface area contributed by atoms with Crippen LogP contribution in [-0.4, -0.2) is 44.0 Å². The van der Waals surface area contributed by atoms with Crippen molar-refractivity contribution < 1.29 is 14.3 Å². The van der Waals surface area contributed by atoms with Gasteiger partial charge in [0.05, 0.1) is 31.2 Å². The Bertz CT molecular complexity index is 502. The number of aromatic nitrogens is 1. The van der Waals surface area contributed by atoms with E-state index >= 15 is 0 Å². The van der Waals surface area contributed by atoms with Gasteiger partial charge in [-0.1, -0.05) is 13.8 Å². The maximum atomic E-state index is 11.8. The number of morpholine rings is 1. The minimum Gasteiger partial charge on any atom is -0.449 e. The first-order valence-corrected chi connectivity index (χ1v) is 7.72. The Morgan fingerprint density at radius 2 is 2.09 bits per heavy atom. The third-order valence-electron chi connectivity index (χ3n) is 3.49. The minimum atomic E-state index is -0.430. The number of nitrogens with one attached hydrogen (secondary N) is 1. The molecule has 22 heavy (non-hydrogen) atoms. The second-order valence-electron chi connectivity index (χ2n) is 5.97. The Labute approximate surface area is 131 Å². The Morgan fingerprint density at radius 3 is 2.68 bits per heavy atom. The third-order valence-corrected chi connectivity index (χ3v) is 3.49. The fraction of sp³-hybridized carbons (Fsp3) is 0.625. The third kappa shape index (κ3) is 4.34. The molecule has 1 aliphatic heterocycles. The van der Waals surface area contributed by atoms with Gasteiger partial charge in [0.1, 0.15) is 5.82 Å². The number of hydrogen-bond acceptors (Lipinski definition) is 5. The highest BCUT2D eigenvalue weighted by molar-refractivity contribution is 5.86. The van der Waals surface area contributed by atoms with Gasteiger partial charge in [-0.25, -0.2) is 9.78 Å². The lowest BCUT2D eigenvalue weighted by atomic mass is 10.2. The molecule has 0 aliphatic carbocycles. The van der Waals surface area contributed by atoms with Crippen LogP contribution in [0.1, 0.15) is 25.1 Å². The zero-order valence-corrected chi connectivity index (χ0v) is 13.8. The molecule has 0 saturated carbocycles. The summed E-state index contributed by atoms with van der Waals surface area (Å²) in [6.45, 7) is 11.4. The van der Waals surface area contributed by atoms with E-state index < -0.39 is 6.09 Å². The topological polar surface area (TPSA) is 63.7 Å². The quantitative estimate of drug-likeness (QED) is 0.926. The zero-order valence-electron chi connectivity index (χ0n) is 13.8. The summed E-state index contributed by atoms with van der Waals surface area (Å²) in [7, 11) is 0. The van der Waals surface area contributed by atoms with Crippen LogP contribution in [0.4, 0.5) is 16.3 Å². The van der Waals surface area contributed by atoms with E-state index in [-0.39, 0.29) is 0 Å². The summed E-state index contributed by atoms with van der Waals surface area (Å²) in [6.07, 6.45) is -0.430. The molecule has 6 nitrogen and oxygen atoms in total. The largest absolute Gasteiger partial charge is 0.449 e. The molecular formula is C16H25N3O3. The van der Waals surface area contributed by atoms with Gasteiger partial charge in [-0.05, 0) is 31.4 Å². The van der Waals surface area contributed by atoms with Crippen molar-refractivity contribution in [1.82, 2.24) is 4.98 Å². The number of ether oxygens (including phenoxy) is 2. The monoisotopic (exact) mass is 307 g/mol. The molecule has 122 valence electrons. The van der Waals surface area contributed by atoms with Crippen molar-refractivity contribution in [3.8, 4) is 0 Å². The van der Waals surface area contributed by atoms with Crippen LogP contribution < -0.4 is 10.2 Å². The molecule has 0 unspecified atom stereocenters. The van der Waals surface area contributed by atoms with Gasteiger partial charge >= 0.3 is 6.09 Å². The second-order valence-corrected chi connectivity index (χ2v) is 5.97. The molecule has 1 fully saturated rings. The highest BCUT2D eigenvalue weighted by Crippen LogP contribution is 2.24. The van der Waals surface area contributed by atoms with E-state index in [0.717, 1.165) is 49.1 Å². The van der Waals surface area contributed by atoms with Crippen LogP contribution in [0.5, 0.6) is 0 Å². The summed E-state index contributed by atoms with van der Waals surface area (Å²) in [4.78, 5) is 18.6. The van der Waals surface area contributed by atoms with E-state index in [9.17, 15) is 4.79 Å². The van der Waals surface area contributed by atoms with E-state index in [0.29, 0.717) is 12.5 Å². The van der Waals surface area contributed by atoms with Crippen LogP contribution in [0, 0.1) is 19.8 Å². The van der Waals surface area contributed by atoms with Crippen molar-refractivity contribution in [3.05, 3.63) is 17.3 Å². The van der Waals surface area contributed by atoms with Gasteiger partial charge < -0.3 is 14.4 Å². The molecule has 0 aromatic carbocycles. The molecule has 0 radical (unpaired) electrons. The van der Waals surface area contributed by atoms with Crippen LogP contribution >= 0.6 is 0 Å². The maximum Gasteiger partial charge on any atom is 0.411 e. The first kappa shape index (κ1) is 16.5. The number of carbonyl (C=O) groups excluding carboxylic acids is 1. The molecule has 0 spiro atoms. The van der Waals surface area contributed by atoms with Gasteiger partial charge in [0.15, 0.2) is 0 Å². The molecule has 1 amide bonds. The van der Waals surface area contributed by atoms with E-state index in [1.807, 2.05) is 33.8 Å². The van der Waals surface area contributed by atoms with Gasteiger partial charge in [-0.2, -0.15) is 0 Å². The van der Waals surface area contributed by atoms with Crippen LogP contribution in [0.3, 0.4) is 0 Å². The molecule has 2 rings (SSSR count). The fourth-order valence-electron chi connectivity index (χ4n) is 2.34. The predicted molar refractivity (Wildman–Crippen MR) is 86.6 cm³/mol. The summed E-state index contributed by atoms with van der Waals surface area (Å²) in [5.41, 5.74) is 2.50. The molecule has 0 bridgehead atoms. The van der Waals surface area contributed by atoms with Gasteiger partial charge in [0, 0.05) is 13.1 Å². The molecule has 1 saturated heterocycles. The average Bonchev–Trinajstić information content (AvgIpc) is 2.49. The maximum absolute atomic E-state index is 11.8. The highest BCUT2D eigenvalue weighted by Gasteiger charge is 2.16. The Kier molecular flexibility index (Phi) is 5.60. The fourth-order valence-corrected chi connectivity index (χ4v) is 2.34. The Balaban J connectivity index is 2.07. The standard InChI is InChI=1S/C16H25N3O3/c1-11(2)10-22-16(20)18-15-12(3)9-14(17-13(15)4)19-5-7-21-8-6-19/h9,11H,5-8,10H2,1-4H3,(H,18,20). The lowest BCUT2D eigenvalue weighted by Gasteiger charge is -2.28. The van der Waals surface area contributed by atoms with Crippen molar-refractivity contribution in [2.24, 2.45) is 5.92 Å². The molecule has 2 heterocycles. The van der Waals surface area contributed by atoms with E-state index in [4.69, 9.17) is 9.47 Å². The molecule has 1 aromatic rings. The predicted octanol–water partition coefficient (Wildman–Crippen LogP) is 2.74. The normalized spacial score (nSPS) is 15.0. The number of rotatable bonds is 4. The van der Waals surface area contributed by atoms with Crippen LogP contribution in [0.25, 0.3) is 0 Å². The molecule has 1 aliphatic rings. The van der Waals surface area contributed by atoms with Gasteiger partial charge in [0.25, 0.3) is 0 Å². The first-order chi connectivity index (χ1) is 10.5. The number of amides is 1. The lowest BCUT2D eigenvalue weighted by Crippen LogP contribution is -2.37. The SMILES string of the molecule is Cc1cc(N2CCOCC2)nc(C)c1NC(=O)OCC(C)C. The zero-order chi connectivity index (χ0) is 16.1. The number of nitrogens with zero attached hydrogens (tertiary/aromatic N) is 2. The van der Waals surface area contributed by atoms with Crippen molar-refractivity contribution in [1.29, 1.82) is 0 Å². The van der Waals surface area contributed by atoms with Crippen LogP contribution in [0.2, 0.25) is 0 Å². The van der Waals surface area contributed by atoms with Crippen molar-refractivity contribution >= 4 is 17.6 Å². The summed E-state index contributed by atoms with van der Waals surface area (Å²) in [5, 5.41) is 2.80. The van der Waals surface area contributed by atoms with Gasteiger partial charge in [-0.15, -0.1) is 0 Å². The van der Waals surface area contributed by atoms with Gasteiger partial charge in [-0.3, -0.25) is 5.32 Å². The van der Waals surface area contributed by atoms with Crippen molar-refractivity contribution in [3.63, 3.8) is 0 Å². The smallest absolute Gasteiger partial charge is 0.411 e. The first-order valence-electron chi connectivity index (χ1n) is 7.72. The van der Waals surface area contributed by atoms with Crippen molar-refractivity contribution in [2.75, 3.05) is 43.1 Å². The molecule has 1 N–H and O–H groups in total. The molecule has 0 atom stereocenters. The van der Waals surface area contributed by atoms with Crippen LogP contribution in [0.15, 0.2) is 6.07 Å². The molecule has 1 aromatic heterocycles. The van der Waals surface area contributed by atoms with Gasteiger partial charge in [0.2, 0.25) is 0 Å². The van der Waals surface area contributed by atoms with Crippen LogP contribution in [-0.2, 0) is 9.47 Å². The average molecular weight is 307 g/mol. The Hall–Kier alpha value is -1.82. The number of carbonyl (C=O) groups is 1. The number of hydrogen-bond donors (Lipinski definition) is 1. The molecule has 6 heteroatoms. The second kappa shape index (κ2) is 7.45. The van der Waals surface area contributed by atoms with Crippen molar-refractivity contribution in [2.45, 2.75) is 27.7 Å².